The van der Waals surface area contributed by atoms with Crippen molar-refractivity contribution in [1.82, 2.24) is 10.3 Å². The Hall–Kier alpha value is -4.69. The molecule has 0 atom stereocenters. The van der Waals surface area contributed by atoms with Gasteiger partial charge in [0.05, 0.1) is 11.3 Å². The molecule has 0 aromatic heterocycles. The van der Waals surface area contributed by atoms with Gasteiger partial charge in [-0.25, -0.2) is 5.43 Å². The lowest BCUT2D eigenvalue weighted by molar-refractivity contribution is -0.138. The summed E-state index contributed by atoms with van der Waals surface area (Å²) in [6, 6.07) is 10.3. The number of hydrogen-bond donors (Lipinski definition) is 4. The van der Waals surface area contributed by atoms with Crippen molar-refractivity contribution in [3.05, 3.63) is 71.3 Å². The Morgan fingerprint density at radius 1 is 0.929 bits per heavy atom. The van der Waals surface area contributed by atoms with Crippen LogP contribution in [0.25, 0.3) is 0 Å². The van der Waals surface area contributed by atoms with Gasteiger partial charge in [0.25, 0.3) is 27.8 Å². The van der Waals surface area contributed by atoms with Crippen LogP contribution in [-0.2, 0) is 35.7 Å². The second-order valence-corrected chi connectivity index (χ2v) is 10.8. The Bertz CT molecular complexity index is 1530. The number of carbonyl (C=O) groups is 5. The molecule has 13 nitrogen and oxygen atoms in total. The number of hydrazone groups is 1. The number of carboxylic acid groups (broad SMARTS) is 1. The fourth-order valence-corrected chi connectivity index (χ4v) is 4.75. The largest absolute Gasteiger partial charge is 0.481 e. The Morgan fingerprint density at radius 2 is 1.60 bits per heavy atom. The van der Waals surface area contributed by atoms with Crippen molar-refractivity contribution in [2.75, 3.05) is 11.9 Å². The minimum absolute atomic E-state index is 0.00757. The van der Waals surface area contributed by atoms with E-state index < -0.39 is 38.4 Å². The first-order valence-corrected chi connectivity index (χ1v) is 14.4. The van der Waals surface area contributed by atoms with E-state index >= 15 is 0 Å². The number of carboxylic acids is 1. The Kier molecular flexibility index (Phi) is 10.8. The van der Waals surface area contributed by atoms with Crippen molar-refractivity contribution >= 4 is 51.1 Å². The standard InChI is InChI=1S/C28H30N4O9S/c1-18(20-9-6-19(7-10-20)8-15-27(36)37)30-31-28(38)22-12-11-21(17-23(22)42(39,40)41)29-24(33)5-3-2-4-16-32-25(34)13-14-26(32)35/h6-7,9-14,17H,2-5,8,15-16H2,1H3,(H,29,33)(H,31,38)(H,36,37)(H,39,40,41)/b30-18+. The van der Waals surface area contributed by atoms with Gasteiger partial charge >= 0.3 is 5.97 Å². The molecule has 0 fully saturated rings. The molecular formula is C28H30N4O9S. The molecule has 0 unspecified atom stereocenters. The third kappa shape index (κ3) is 9.17. The summed E-state index contributed by atoms with van der Waals surface area (Å²) < 4.78 is 33.7. The Labute approximate surface area is 242 Å². The smallest absolute Gasteiger partial charge is 0.303 e. The van der Waals surface area contributed by atoms with E-state index in [0.29, 0.717) is 37.0 Å². The number of benzene rings is 2. The number of amides is 4. The lowest BCUT2D eigenvalue weighted by Crippen LogP contribution is -2.30. The third-order valence-corrected chi connectivity index (χ3v) is 7.19. The van der Waals surface area contributed by atoms with E-state index in [1.54, 1.807) is 31.2 Å². The van der Waals surface area contributed by atoms with Crippen molar-refractivity contribution in [2.24, 2.45) is 5.10 Å². The number of nitrogens with one attached hydrogen (secondary N) is 2. The molecule has 0 spiro atoms. The van der Waals surface area contributed by atoms with Crippen LogP contribution >= 0.6 is 0 Å². The average molecular weight is 599 g/mol. The highest BCUT2D eigenvalue weighted by molar-refractivity contribution is 7.86. The van der Waals surface area contributed by atoms with Crippen molar-refractivity contribution < 1.29 is 42.0 Å². The van der Waals surface area contributed by atoms with Gasteiger partial charge in [-0.2, -0.15) is 13.5 Å². The van der Waals surface area contributed by atoms with E-state index in [4.69, 9.17) is 5.11 Å². The van der Waals surface area contributed by atoms with Crippen molar-refractivity contribution in [3.8, 4) is 0 Å². The second-order valence-electron chi connectivity index (χ2n) is 9.44. The molecule has 0 bridgehead atoms. The number of hydrogen-bond acceptors (Lipinski definition) is 8. The predicted octanol–water partition coefficient (Wildman–Crippen LogP) is 2.53. The summed E-state index contributed by atoms with van der Waals surface area (Å²) in [5, 5.41) is 15.3. The fourth-order valence-electron chi connectivity index (χ4n) is 4.03. The first kappa shape index (κ1) is 31.8. The highest BCUT2D eigenvalue weighted by Gasteiger charge is 2.23. The summed E-state index contributed by atoms with van der Waals surface area (Å²) >= 11 is 0. The third-order valence-electron chi connectivity index (χ3n) is 6.30. The molecule has 222 valence electrons. The first-order chi connectivity index (χ1) is 19.8. The van der Waals surface area contributed by atoms with E-state index in [0.717, 1.165) is 22.6 Å². The van der Waals surface area contributed by atoms with Crippen molar-refractivity contribution in [3.63, 3.8) is 0 Å². The van der Waals surface area contributed by atoms with Crippen LogP contribution in [0.5, 0.6) is 0 Å². The van der Waals surface area contributed by atoms with Gasteiger partial charge in [0.2, 0.25) is 5.91 Å². The summed E-state index contributed by atoms with van der Waals surface area (Å²) in [6.07, 6.45) is 4.37. The number of anilines is 1. The van der Waals surface area contributed by atoms with Crippen LogP contribution in [0.1, 0.15) is 60.5 Å². The van der Waals surface area contributed by atoms with Gasteiger partial charge in [0.1, 0.15) is 4.90 Å². The number of imide groups is 1. The van der Waals surface area contributed by atoms with Crippen LogP contribution < -0.4 is 10.7 Å². The lowest BCUT2D eigenvalue weighted by atomic mass is 10.1. The molecule has 14 heteroatoms. The topological polar surface area (TPSA) is 200 Å². The summed E-state index contributed by atoms with van der Waals surface area (Å²) in [5.41, 5.74) is 3.74. The number of carbonyl (C=O) groups excluding carboxylic acids is 4. The summed E-state index contributed by atoms with van der Waals surface area (Å²) in [5.74, 6) is -2.99. The zero-order chi connectivity index (χ0) is 30.9. The predicted molar refractivity (Wildman–Crippen MR) is 151 cm³/mol. The molecule has 3 rings (SSSR count). The molecule has 0 saturated carbocycles. The fraction of sp³-hybridized carbons (Fsp3) is 0.286. The van der Waals surface area contributed by atoms with E-state index in [1.807, 2.05) is 0 Å². The van der Waals surface area contributed by atoms with Crippen molar-refractivity contribution in [1.29, 1.82) is 0 Å². The molecule has 0 radical (unpaired) electrons. The molecule has 0 aliphatic carbocycles. The van der Waals surface area contributed by atoms with Crippen LogP contribution in [0.3, 0.4) is 0 Å². The van der Waals surface area contributed by atoms with Gasteiger partial charge in [0.15, 0.2) is 0 Å². The molecular weight excluding hydrogens is 568 g/mol. The Morgan fingerprint density at radius 3 is 2.21 bits per heavy atom. The Balaban J connectivity index is 1.57. The van der Waals surface area contributed by atoms with E-state index in [9.17, 15) is 36.9 Å². The van der Waals surface area contributed by atoms with E-state index in [-0.39, 0.29) is 36.9 Å². The number of nitrogens with zero attached hydrogens (tertiary/aromatic N) is 2. The zero-order valence-corrected chi connectivity index (χ0v) is 23.5. The number of aliphatic carboxylic acids is 1. The highest BCUT2D eigenvalue weighted by atomic mass is 32.2. The van der Waals surface area contributed by atoms with Crippen LogP contribution in [0.15, 0.2) is 64.6 Å². The summed E-state index contributed by atoms with van der Waals surface area (Å²) in [6.45, 7) is 1.86. The minimum atomic E-state index is -4.85. The number of rotatable bonds is 14. The summed E-state index contributed by atoms with van der Waals surface area (Å²) in [7, 11) is -4.85. The molecule has 2 aromatic carbocycles. The van der Waals surface area contributed by atoms with Crippen LogP contribution in [0.2, 0.25) is 0 Å². The lowest BCUT2D eigenvalue weighted by Gasteiger charge is -2.13. The van der Waals surface area contributed by atoms with Gasteiger partial charge in [0, 0.05) is 37.2 Å². The molecule has 2 aromatic rings. The van der Waals surface area contributed by atoms with Gasteiger partial charge in [-0.15, -0.1) is 0 Å². The molecule has 4 N–H and O–H groups in total. The van der Waals surface area contributed by atoms with Crippen LogP contribution in [0.4, 0.5) is 5.69 Å². The van der Waals surface area contributed by atoms with Gasteiger partial charge in [-0.1, -0.05) is 30.7 Å². The van der Waals surface area contributed by atoms with Gasteiger partial charge in [-0.05, 0) is 55.5 Å². The number of unbranched alkanes of at least 4 members (excludes halogenated alkanes) is 2. The molecule has 1 aliphatic rings. The molecule has 1 aliphatic heterocycles. The van der Waals surface area contributed by atoms with Gasteiger partial charge < -0.3 is 10.4 Å². The summed E-state index contributed by atoms with van der Waals surface area (Å²) in [4.78, 5) is 59.3. The van der Waals surface area contributed by atoms with E-state index in [2.05, 4.69) is 15.8 Å². The zero-order valence-electron chi connectivity index (χ0n) is 22.7. The van der Waals surface area contributed by atoms with Crippen LogP contribution in [-0.4, -0.2) is 64.8 Å². The second kappa shape index (κ2) is 14.3. The number of aryl methyl sites for hydroxylation is 1. The van der Waals surface area contributed by atoms with Crippen molar-refractivity contribution in [2.45, 2.75) is 50.3 Å². The quantitative estimate of drug-likeness (QED) is 0.0829. The molecule has 1 heterocycles. The highest BCUT2D eigenvalue weighted by Crippen LogP contribution is 2.21. The van der Waals surface area contributed by atoms with E-state index in [1.165, 1.54) is 18.2 Å². The minimum Gasteiger partial charge on any atom is -0.481 e. The maximum Gasteiger partial charge on any atom is 0.303 e. The normalized spacial score (nSPS) is 13.4. The van der Waals surface area contributed by atoms with Crippen LogP contribution in [0, 0.1) is 0 Å². The average Bonchev–Trinajstić information content (AvgIpc) is 3.26. The molecule has 42 heavy (non-hydrogen) atoms. The maximum atomic E-state index is 12.7. The maximum absolute atomic E-state index is 12.7. The molecule has 0 saturated heterocycles. The molecule has 4 amide bonds. The SMILES string of the molecule is C/C(=N\NC(=O)c1ccc(NC(=O)CCCCCN2C(=O)C=CC2=O)cc1S(=O)(=O)O)c1ccc(CCC(=O)O)cc1. The first-order valence-electron chi connectivity index (χ1n) is 13.0. The van der Waals surface area contributed by atoms with Gasteiger partial charge in [-0.3, -0.25) is 33.4 Å². The monoisotopic (exact) mass is 598 g/mol.